The summed E-state index contributed by atoms with van der Waals surface area (Å²) in [6.07, 6.45) is 4.66. The minimum Gasteiger partial charge on any atom is -0.479 e. The van der Waals surface area contributed by atoms with Crippen molar-refractivity contribution in [2.24, 2.45) is 5.92 Å². The Morgan fingerprint density at radius 3 is 2.28 bits per heavy atom. The van der Waals surface area contributed by atoms with Gasteiger partial charge in [0.05, 0.1) is 12.6 Å². The summed E-state index contributed by atoms with van der Waals surface area (Å²) >= 11 is 0. The molecule has 0 saturated heterocycles. The molecule has 1 aliphatic carbocycles. The SMILES string of the molecule is CCCC(NC(=O)C1Cc2cccc(c2)Oc2ccc(cc2)CCC(=O)N[C@@H](CC2CCCCC2)C(=O)O1)C(=O)C(=O)NCC(=O)NC(C(=O)O)c1ccccc1. The zero-order chi connectivity index (χ0) is 40.7. The molecule has 0 spiro atoms. The number of esters is 1. The third kappa shape index (κ3) is 12.7. The number of rotatable bonds is 13. The number of benzene rings is 3. The van der Waals surface area contributed by atoms with Gasteiger partial charge in [0, 0.05) is 12.8 Å². The van der Waals surface area contributed by atoms with Gasteiger partial charge < -0.3 is 35.8 Å². The molecule has 0 radical (unpaired) electrons. The predicted octanol–water partition coefficient (Wildman–Crippen LogP) is 4.25. The van der Waals surface area contributed by atoms with Crippen LogP contribution in [0.2, 0.25) is 0 Å². The van der Waals surface area contributed by atoms with Crippen molar-refractivity contribution in [3.8, 4) is 11.5 Å². The molecular formula is C43H50N4O10. The van der Waals surface area contributed by atoms with E-state index in [1.54, 1.807) is 61.5 Å². The van der Waals surface area contributed by atoms with Crippen molar-refractivity contribution in [3.05, 3.63) is 95.6 Å². The number of carbonyl (C=O) groups is 7. The average molecular weight is 783 g/mol. The van der Waals surface area contributed by atoms with Crippen molar-refractivity contribution in [2.75, 3.05) is 6.54 Å². The summed E-state index contributed by atoms with van der Waals surface area (Å²) in [6, 6.07) is 18.5. The normalized spacial score (nSPS) is 18.7. The zero-order valence-corrected chi connectivity index (χ0v) is 32.0. The number of nitrogens with one attached hydrogen (secondary N) is 4. The smallest absolute Gasteiger partial charge is 0.330 e. The van der Waals surface area contributed by atoms with E-state index < -0.39 is 66.2 Å². The number of carboxylic acid groups (broad SMARTS) is 1. The molecule has 3 unspecified atom stereocenters. The van der Waals surface area contributed by atoms with Crippen LogP contribution < -0.4 is 26.0 Å². The van der Waals surface area contributed by atoms with Gasteiger partial charge in [0.2, 0.25) is 17.6 Å². The molecule has 3 aromatic rings. The number of hydrogen-bond donors (Lipinski definition) is 5. The van der Waals surface area contributed by atoms with Crippen LogP contribution in [0.25, 0.3) is 0 Å². The van der Waals surface area contributed by atoms with Gasteiger partial charge >= 0.3 is 11.9 Å². The van der Waals surface area contributed by atoms with Gasteiger partial charge in [-0.25, -0.2) is 9.59 Å². The van der Waals surface area contributed by atoms with Gasteiger partial charge in [-0.3, -0.25) is 24.0 Å². The van der Waals surface area contributed by atoms with Crippen molar-refractivity contribution >= 4 is 41.4 Å². The van der Waals surface area contributed by atoms with E-state index in [0.717, 1.165) is 37.7 Å². The number of ketones is 1. The third-order valence-corrected chi connectivity index (χ3v) is 10.1. The molecule has 57 heavy (non-hydrogen) atoms. The highest BCUT2D eigenvalue weighted by molar-refractivity contribution is 6.38. The van der Waals surface area contributed by atoms with Crippen LogP contribution in [0.5, 0.6) is 11.5 Å². The third-order valence-electron chi connectivity index (χ3n) is 10.1. The fraction of sp³-hybridized carbons (Fsp3) is 0.419. The highest BCUT2D eigenvalue weighted by Crippen LogP contribution is 2.29. The minimum absolute atomic E-state index is 0.0439. The summed E-state index contributed by atoms with van der Waals surface area (Å²) in [7, 11) is 0. The fourth-order valence-corrected chi connectivity index (χ4v) is 7.09. The van der Waals surface area contributed by atoms with Crippen molar-refractivity contribution < 1.29 is 48.1 Å². The molecule has 4 bridgehead atoms. The molecule has 0 aromatic heterocycles. The first-order valence-corrected chi connectivity index (χ1v) is 19.5. The van der Waals surface area contributed by atoms with Crippen LogP contribution in [0.1, 0.15) is 87.4 Å². The molecule has 3 aliphatic rings. The van der Waals surface area contributed by atoms with Crippen LogP contribution in [-0.4, -0.2) is 71.2 Å². The van der Waals surface area contributed by atoms with Gasteiger partial charge in [0.15, 0.2) is 12.1 Å². The molecule has 5 N–H and O–H groups in total. The van der Waals surface area contributed by atoms with Crippen molar-refractivity contribution in [1.82, 2.24) is 21.3 Å². The molecule has 2 heterocycles. The average Bonchev–Trinajstić information content (AvgIpc) is 3.21. The Kier molecular flexibility index (Phi) is 15.3. The number of aryl methyl sites for hydroxylation is 1. The van der Waals surface area contributed by atoms with Gasteiger partial charge in [0.1, 0.15) is 17.5 Å². The van der Waals surface area contributed by atoms with Crippen LogP contribution in [0, 0.1) is 5.92 Å². The highest BCUT2D eigenvalue weighted by Gasteiger charge is 2.34. The number of hydrogen-bond acceptors (Lipinski definition) is 9. The zero-order valence-electron chi connectivity index (χ0n) is 32.0. The summed E-state index contributed by atoms with van der Waals surface area (Å²) in [5.74, 6) is -5.13. The Morgan fingerprint density at radius 1 is 0.842 bits per heavy atom. The molecule has 2 aliphatic heterocycles. The number of carboxylic acids is 1. The fourth-order valence-electron chi connectivity index (χ4n) is 7.09. The highest BCUT2D eigenvalue weighted by atomic mass is 16.5. The van der Waals surface area contributed by atoms with Crippen LogP contribution in [-0.2, 0) is 51.1 Å². The minimum atomic E-state index is -1.47. The van der Waals surface area contributed by atoms with E-state index in [2.05, 4.69) is 21.3 Å². The van der Waals surface area contributed by atoms with Crippen LogP contribution >= 0.6 is 0 Å². The van der Waals surface area contributed by atoms with E-state index in [1.807, 2.05) is 12.1 Å². The maximum absolute atomic E-state index is 14.1. The molecule has 4 amide bonds. The summed E-state index contributed by atoms with van der Waals surface area (Å²) in [6.45, 7) is 1.05. The maximum atomic E-state index is 14.1. The van der Waals surface area contributed by atoms with E-state index in [0.29, 0.717) is 41.9 Å². The van der Waals surface area contributed by atoms with E-state index in [1.165, 1.54) is 12.1 Å². The number of ether oxygens (including phenoxy) is 2. The number of Topliss-reactive ketones (excluding diaryl/α,β-unsaturated/α-hetero) is 1. The summed E-state index contributed by atoms with van der Waals surface area (Å²) in [5.41, 5.74) is 1.81. The lowest BCUT2D eigenvalue weighted by atomic mass is 9.84. The van der Waals surface area contributed by atoms with Crippen molar-refractivity contribution in [1.29, 1.82) is 0 Å². The van der Waals surface area contributed by atoms with Gasteiger partial charge in [-0.1, -0.05) is 100 Å². The summed E-state index contributed by atoms with van der Waals surface area (Å²) < 4.78 is 12.0. The Morgan fingerprint density at radius 2 is 1.58 bits per heavy atom. The summed E-state index contributed by atoms with van der Waals surface area (Å²) in [5, 5.41) is 19.6. The molecule has 1 fully saturated rings. The number of amides is 4. The van der Waals surface area contributed by atoms with Crippen LogP contribution in [0.4, 0.5) is 0 Å². The second-order valence-electron chi connectivity index (χ2n) is 14.5. The Balaban J connectivity index is 1.33. The predicted molar refractivity (Wildman–Crippen MR) is 208 cm³/mol. The second-order valence-corrected chi connectivity index (χ2v) is 14.5. The lowest BCUT2D eigenvalue weighted by molar-refractivity contribution is -0.159. The van der Waals surface area contributed by atoms with Crippen LogP contribution in [0.15, 0.2) is 78.9 Å². The quantitative estimate of drug-likeness (QED) is 0.123. The van der Waals surface area contributed by atoms with E-state index in [-0.39, 0.29) is 31.1 Å². The number of fused-ring (bicyclic) bond motifs is 10. The number of carbonyl (C=O) groups excluding carboxylic acids is 6. The van der Waals surface area contributed by atoms with Gasteiger partial charge in [-0.15, -0.1) is 0 Å². The molecule has 1 saturated carbocycles. The lowest BCUT2D eigenvalue weighted by Crippen LogP contribution is -2.53. The van der Waals surface area contributed by atoms with Crippen LogP contribution in [0.3, 0.4) is 0 Å². The van der Waals surface area contributed by atoms with E-state index in [9.17, 15) is 38.7 Å². The van der Waals surface area contributed by atoms with Gasteiger partial charge in [-0.05, 0) is 66.1 Å². The Labute approximate surface area is 331 Å². The molecule has 14 nitrogen and oxygen atoms in total. The maximum Gasteiger partial charge on any atom is 0.330 e. The molecular weight excluding hydrogens is 732 g/mol. The lowest BCUT2D eigenvalue weighted by Gasteiger charge is -2.28. The first-order valence-electron chi connectivity index (χ1n) is 19.5. The van der Waals surface area contributed by atoms with Crippen molar-refractivity contribution in [2.45, 2.75) is 102 Å². The first-order chi connectivity index (χ1) is 27.5. The monoisotopic (exact) mass is 782 g/mol. The second kappa shape index (κ2) is 20.7. The molecule has 6 rings (SSSR count). The van der Waals surface area contributed by atoms with Crippen molar-refractivity contribution in [3.63, 3.8) is 0 Å². The topological polar surface area (TPSA) is 206 Å². The van der Waals surface area contributed by atoms with E-state index >= 15 is 0 Å². The largest absolute Gasteiger partial charge is 0.479 e. The molecule has 14 heteroatoms. The van der Waals surface area contributed by atoms with E-state index in [4.69, 9.17) is 9.47 Å². The molecule has 302 valence electrons. The Hall–Kier alpha value is -6.05. The molecule has 4 atom stereocenters. The number of aliphatic carboxylic acids is 1. The van der Waals surface area contributed by atoms with Gasteiger partial charge in [-0.2, -0.15) is 0 Å². The first kappa shape index (κ1) is 42.1. The summed E-state index contributed by atoms with van der Waals surface area (Å²) in [4.78, 5) is 92.2. The standard InChI is InChI=1S/C43H50N4O10/c1-2-10-33(39(50)41(52)44-26-37(49)47-38(42(53)54)30-14-7-4-8-15-30)46-40(51)35-25-29-13-9-16-32(23-29)56-31-20-17-27(18-21-31)19-22-36(48)45-34(43(55)57-35)24-28-11-5-3-6-12-28/h4,7-9,13-18,20-21,23,28,33-35,38H,2-3,5-6,10-12,19,22,24-26H2,1H3,(H,44,52)(H,45,48)(H,46,51)(H,47,49)(H,53,54)/t33?,34-,35?,38?/m0/s1. The Bertz CT molecular complexity index is 1890. The molecule has 3 aromatic carbocycles. The van der Waals surface area contributed by atoms with Gasteiger partial charge in [0.25, 0.3) is 11.8 Å².